The number of alkyl halides is 3. The van der Waals surface area contributed by atoms with E-state index in [1.54, 1.807) is 0 Å². The average Bonchev–Trinajstić information content (AvgIpc) is 3.67. The number of halogens is 7. The van der Waals surface area contributed by atoms with Crippen LogP contribution in [0.2, 0.25) is 5.02 Å². The van der Waals surface area contributed by atoms with E-state index in [1.807, 2.05) is 4.90 Å². The quantitative estimate of drug-likeness (QED) is 0.217. The lowest BCUT2D eigenvalue weighted by molar-refractivity contribution is -0.137. The molecule has 4 atom stereocenters. The van der Waals surface area contributed by atoms with Gasteiger partial charge in [-0.3, -0.25) is 4.90 Å². The summed E-state index contributed by atoms with van der Waals surface area (Å²) in [5, 5.41) is 3.66. The zero-order valence-electron chi connectivity index (χ0n) is 26.1. The molecular formula is C34H33ClF6N6O. The highest BCUT2D eigenvalue weighted by atomic mass is 35.5. The second kappa shape index (κ2) is 11.0. The number of anilines is 2. The zero-order chi connectivity index (χ0) is 33.9. The molecule has 1 aromatic heterocycles. The Morgan fingerprint density at radius 1 is 1.21 bits per heavy atom. The second-order valence-electron chi connectivity index (χ2n) is 13.8. The minimum absolute atomic E-state index is 0.0115. The van der Waals surface area contributed by atoms with Crippen LogP contribution in [0.15, 0.2) is 30.4 Å². The Kier molecular flexibility index (Phi) is 7.25. The number of ether oxygens (including phenoxy) is 1. The summed E-state index contributed by atoms with van der Waals surface area (Å²) in [7, 11) is 0. The lowest BCUT2D eigenvalue weighted by atomic mass is 9.89. The van der Waals surface area contributed by atoms with Crippen molar-refractivity contribution >= 4 is 39.6 Å². The van der Waals surface area contributed by atoms with Crippen molar-refractivity contribution in [2.75, 3.05) is 36.9 Å². The van der Waals surface area contributed by atoms with Gasteiger partial charge in [-0.1, -0.05) is 18.2 Å². The van der Waals surface area contributed by atoms with E-state index in [0.717, 1.165) is 25.3 Å². The SMILES string of the molecule is C=C1C[C@@H]2C3CC[C@H](CN2c2nc(OC[C@@]45CCCN4CC(=C(F)F)C5)nc4c(F)c(-c5cc(N)cc(C)c5C(F)(F)F)c(Cl)c1c24)N3. The topological polar surface area (TPSA) is 79.5 Å². The fourth-order valence-corrected chi connectivity index (χ4v) is 9.31. The van der Waals surface area contributed by atoms with Gasteiger partial charge >= 0.3 is 12.2 Å². The van der Waals surface area contributed by atoms with E-state index < -0.39 is 40.3 Å². The van der Waals surface area contributed by atoms with Crippen LogP contribution in [0.4, 0.5) is 37.8 Å². The molecule has 1 unspecified atom stereocenters. The number of benzene rings is 2. The van der Waals surface area contributed by atoms with Gasteiger partial charge in [0, 0.05) is 59.2 Å². The molecule has 4 saturated heterocycles. The highest BCUT2D eigenvalue weighted by molar-refractivity contribution is 6.37. The minimum Gasteiger partial charge on any atom is -0.461 e. The molecule has 4 fully saturated rings. The predicted molar refractivity (Wildman–Crippen MR) is 172 cm³/mol. The minimum atomic E-state index is -4.85. The first-order valence-electron chi connectivity index (χ1n) is 16.1. The number of hydrogen-bond donors (Lipinski definition) is 2. The molecule has 48 heavy (non-hydrogen) atoms. The molecule has 0 saturated carbocycles. The van der Waals surface area contributed by atoms with Crippen LogP contribution < -0.4 is 20.7 Å². The Hall–Kier alpha value is -3.55. The van der Waals surface area contributed by atoms with Crippen LogP contribution in [-0.2, 0) is 6.18 Å². The van der Waals surface area contributed by atoms with E-state index >= 15 is 4.39 Å². The number of nitrogens with one attached hydrogen (secondary N) is 1. The molecule has 3 aromatic rings. The summed E-state index contributed by atoms with van der Waals surface area (Å²) in [5.41, 5.74) is 3.74. The van der Waals surface area contributed by atoms with Crippen molar-refractivity contribution in [3.63, 3.8) is 0 Å². The highest BCUT2D eigenvalue weighted by Crippen LogP contribution is 2.52. The lowest BCUT2D eigenvalue weighted by Gasteiger charge is -2.41. The van der Waals surface area contributed by atoms with E-state index in [2.05, 4.69) is 21.8 Å². The number of hydrogen-bond acceptors (Lipinski definition) is 7. The standard InChI is InChI=1S/C34H33ClF6N6O/c1-15-9-22-21-5-4-19(43-21)13-47(22)31-25-23(15)27(35)24(20-10-18(42)8-16(2)26(20)34(39,40)41)28(36)29(25)44-32(45-31)48-14-33-6-3-7-46(33)12-17(11-33)30(37)38/h8,10,19,21-22,43H,1,3-7,9,11-14,42H2,2H3/t19-,21?,22-,33+/m1/s1. The molecule has 5 aliphatic heterocycles. The van der Waals surface area contributed by atoms with E-state index in [1.165, 1.54) is 13.0 Å². The summed E-state index contributed by atoms with van der Waals surface area (Å²) in [6.07, 6.45) is -2.73. The molecule has 0 radical (unpaired) electrons. The van der Waals surface area contributed by atoms with Gasteiger partial charge in [-0.05, 0) is 75.3 Å². The molecule has 8 rings (SSSR count). The van der Waals surface area contributed by atoms with Gasteiger partial charge in [0.15, 0.2) is 5.82 Å². The molecule has 2 bridgehead atoms. The van der Waals surface area contributed by atoms with E-state index in [4.69, 9.17) is 27.1 Å². The summed E-state index contributed by atoms with van der Waals surface area (Å²) in [6.45, 7) is 6.88. The predicted octanol–water partition coefficient (Wildman–Crippen LogP) is 7.49. The van der Waals surface area contributed by atoms with Crippen LogP contribution in [0.5, 0.6) is 6.01 Å². The Balaban J connectivity index is 1.35. The van der Waals surface area contributed by atoms with Gasteiger partial charge in [-0.25, -0.2) is 4.39 Å². The maximum Gasteiger partial charge on any atom is 0.417 e. The van der Waals surface area contributed by atoms with Crippen molar-refractivity contribution in [3.05, 3.63) is 57.9 Å². The lowest BCUT2D eigenvalue weighted by Crippen LogP contribution is -2.58. The molecule has 7 nitrogen and oxygen atoms in total. The molecule has 0 amide bonds. The van der Waals surface area contributed by atoms with Gasteiger partial charge in [-0.15, -0.1) is 0 Å². The van der Waals surface area contributed by atoms with Crippen molar-refractivity contribution in [3.8, 4) is 17.1 Å². The maximum absolute atomic E-state index is 17.1. The largest absolute Gasteiger partial charge is 0.461 e. The van der Waals surface area contributed by atoms with Crippen LogP contribution in [0, 0.1) is 12.7 Å². The third-order valence-corrected chi connectivity index (χ3v) is 11.3. The molecule has 6 heterocycles. The van der Waals surface area contributed by atoms with E-state index in [-0.39, 0.29) is 82.0 Å². The molecule has 5 aliphatic rings. The van der Waals surface area contributed by atoms with Crippen LogP contribution in [0.1, 0.15) is 55.2 Å². The third kappa shape index (κ3) is 4.79. The van der Waals surface area contributed by atoms with E-state index in [0.29, 0.717) is 37.3 Å². The smallest absolute Gasteiger partial charge is 0.417 e. The van der Waals surface area contributed by atoms with Gasteiger partial charge in [-0.2, -0.15) is 31.9 Å². The van der Waals surface area contributed by atoms with Crippen molar-refractivity contribution in [1.82, 2.24) is 20.2 Å². The van der Waals surface area contributed by atoms with Gasteiger partial charge in [0.25, 0.3) is 6.08 Å². The van der Waals surface area contributed by atoms with Crippen molar-refractivity contribution in [1.29, 1.82) is 0 Å². The number of fused-ring (bicyclic) bond motifs is 6. The number of nitrogen functional groups attached to an aromatic ring is 1. The van der Waals surface area contributed by atoms with Gasteiger partial charge in [0.05, 0.1) is 21.5 Å². The number of nitrogens with two attached hydrogens (primary N) is 1. The Labute approximate surface area is 277 Å². The van der Waals surface area contributed by atoms with Crippen molar-refractivity contribution < 1.29 is 31.1 Å². The summed E-state index contributed by atoms with van der Waals surface area (Å²) in [6, 6.07) is 2.16. The fourth-order valence-electron chi connectivity index (χ4n) is 8.90. The molecule has 254 valence electrons. The number of piperazine rings is 1. The molecule has 2 aromatic carbocycles. The normalized spacial score (nSPS) is 26.7. The van der Waals surface area contributed by atoms with E-state index in [9.17, 15) is 22.0 Å². The second-order valence-corrected chi connectivity index (χ2v) is 14.2. The van der Waals surface area contributed by atoms with Crippen molar-refractivity contribution in [2.45, 2.75) is 75.3 Å². The fraction of sp³-hybridized carbons (Fsp3) is 0.471. The summed E-state index contributed by atoms with van der Waals surface area (Å²) < 4.78 is 94.2. The monoisotopic (exact) mass is 690 g/mol. The first-order chi connectivity index (χ1) is 22.8. The van der Waals surface area contributed by atoms with Gasteiger partial charge < -0.3 is 20.7 Å². The van der Waals surface area contributed by atoms with Crippen LogP contribution in [0.25, 0.3) is 27.6 Å². The average molecular weight is 691 g/mol. The van der Waals surface area contributed by atoms with Crippen LogP contribution in [0.3, 0.4) is 0 Å². The molecule has 3 N–H and O–H groups in total. The molecule has 14 heteroatoms. The number of nitrogens with zero attached hydrogens (tertiary/aromatic N) is 4. The number of aryl methyl sites for hydroxylation is 1. The highest BCUT2D eigenvalue weighted by Gasteiger charge is 2.49. The van der Waals surface area contributed by atoms with Gasteiger partial charge in [0.1, 0.15) is 17.9 Å². The Morgan fingerprint density at radius 2 is 2.00 bits per heavy atom. The molecule has 0 aliphatic carbocycles. The maximum atomic E-state index is 17.1. The van der Waals surface area contributed by atoms with Crippen LogP contribution >= 0.6 is 11.6 Å². The summed E-state index contributed by atoms with van der Waals surface area (Å²) in [5.74, 6) is -0.708. The zero-order valence-corrected chi connectivity index (χ0v) is 26.8. The molecule has 0 spiro atoms. The molecular weight excluding hydrogens is 658 g/mol. The summed E-state index contributed by atoms with van der Waals surface area (Å²) in [4.78, 5) is 13.4. The van der Waals surface area contributed by atoms with Crippen molar-refractivity contribution in [2.24, 2.45) is 0 Å². The first kappa shape index (κ1) is 31.7. The third-order valence-electron chi connectivity index (χ3n) is 10.9. The Bertz CT molecular complexity index is 1930. The van der Waals surface area contributed by atoms with Crippen LogP contribution in [-0.4, -0.2) is 64.8 Å². The number of rotatable bonds is 4. The Morgan fingerprint density at radius 3 is 2.75 bits per heavy atom. The number of aromatic nitrogens is 2. The first-order valence-corrected chi connectivity index (χ1v) is 16.5. The van der Waals surface area contributed by atoms with Gasteiger partial charge in [0.2, 0.25) is 0 Å². The summed E-state index contributed by atoms with van der Waals surface area (Å²) >= 11 is 6.99.